The number of rotatable bonds is 8. The third kappa shape index (κ3) is 9.84. The van der Waals surface area contributed by atoms with Crippen LogP contribution in [0.5, 0.6) is 0 Å². The van der Waals surface area contributed by atoms with Crippen LogP contribution >= 0.6 is 0 Å². The van der Waals surface area contributed by atoms with Crippen molar-refractivity contribution in [1.29, 1.82) is 0 Å². The average molecular weight is 459 g/mol. The lowest BCUT2D eigenvalue weighted by Crippen LogP contribution is -2.40. The highest BCUT2D eigenvalue weighted by atomic mass is 28.4. The van der Waals surface area contributed by atoms with Gasteiger partial charge in [0.1, 0.15) is 0 Å². The van der Waals surface area contributed by atoms with Crippen molar-refractivity contribution in [3.63, 3.8) is 0 Å². The molecule has 176 valence electrons. The lowest BCUT2D eigenvalue weighted by molar-refractivity contribution is -0.153. The quantitative estimate of drug-likeness (QED) is 0.281. The second kappa shape index (κ2) is 12.0. The van der Waals surface area contributed by atoms with Crippen LogP contribution < -0.4 is 0 Å². The second-order valence-corrected chi connectivity index (χ2v) is 15.0. The van der Waals surface area contributed by atoms with Gasteiger partial charge >= 0.3 is 11.9 Å². The van der Waals surface area contributed by atoms with Gasteiger partial charge in [0.25, 0.3) is 0 Å². The molecule has 0 spiro atoms. The van der Waals surface area contributed by atoms with Gasteiger partial charge in [-0.3, -0.25) is 4.79 Å². The maximum absolute atomic E-state index is 12.4. The Hall–Kier alpha value is -2.36. The zero-order valence-corrected chi connectivity index (χ0v) is 21.8. The van der Waals surface area contributed by atoms with Crippen molar-refractivity contribution in [2.75, 3.05) is 13.2 Å². The molecule has 0 radical (unpaired) electrons. The molecule has 5 nitrogen and oxygen atoms in total. The average Bonchev–Trinajstić information content (AvgIpc) is 2.69. The fourth-order valence-corrected chi connectivity index (χ4v) is 3.07. The van der Waals surface area contributed by atoms with E-state index >= 15 is 0 Å². The molecule has 1 rings (SSSR count). The monoisotopic (exact) mass is 458 g/mol. The minimum atomic E-state index is -1.81. The molecule has 1 aromatic carbocycles. The Bertz CT molecular complexity index is 833. The Kier molecular flexibility index (Phi) is 10.4. The summed E-state index contributed by atoms with van der Waals surface area (Å²) >= 11 is 0. The highest BCUT2D eigenvalue weighted by molar-refractivity contribution is 6.74. The van der Waals surface area contributed by atoms with Crippen LogP contribution in [-0.4, -0.2) is 39.6 Å². The summed E-state index contributed by atoms with van der Waals surface area (Å²) < 4.78 is 16.9. The van der Waals surface area contributed by atoms with E-state index in [0.29, 0.717) is 18.6 Å². The number of hydrogen-bond donors (Lipinski definition) is 0. The fraction of sp³-hybridized carbons (Fsp3) is 0.538. The molecule has 32 heavy (non-hydrogen) atoms. The molecule has 0 N–H and O–H groups in total. The van der Waals surface area contributed by atoms with Crippen LogP contribution in [0.25, 0.3) is 0 Å². The van der Waals surface area contributed by atoms with Crippen molar-refractivity contribution in [2.24, 2.45) is 5.41 Å². The maximum Gasteiger partial charge on any atom is 0.339 e. The highest BCUT2D eigenvalue weighted by Crippen LogP contribution is 2.36. The van der Waals surface area contributed by atoms with Crippen molar-refractivity contribution >= 4 is 20.3 Å². The predicted molar refractivity (Wildman–Crippen MR) is 131 cm³/mol. The van der Waals surface area contributed by atoms with Gasteiger partial charge in [0.15, 0.2) is 14.4 Å². The first-order valence-electron chi connectivity index (χ1n) is 11.0. The van der Waals surface area contributed by atoms with Gasteiger partial charge in [-0.05, 0) is 57.1 Å². The van der Waals surface area contributed by atoms with Gasteiger partial charge in [-0.2, -0.15) is 0 Å². The van der Waals surface area contributed by atoms with E-state index in [1.807, 2.05) is 12.1 Å². The van der Waals surface area contributed by atoms with E-state index in [2.05, 4.69) is 45.7 Å². The van der Waals surface area contributed by atoms with Crippen LogP contribution in [0.1, 0.15) is 58.3 Å². The summed E-state index contributed by atoms with van der Waals surface area (Å²) in [7, 11) is -1.81. The summed E-state index contributed by atoms with van der Waals surface area (Å²) in [6.07, 6.45) is 3.17. The Morgan fingerprint density at radius 2 is 1.69 bits per heavy atom. The van der Waals surface area contributed by atoms with E-state index in [1.165, 1.54) is 0 Å². The van der Waals surface area contributed by atoms with Crippen LogP contribution in [0, 0.1) is 17.3 Å². The summed E-state index contributed by atoms with van der Waals surface area (Å²) in [6.45, 7) is 17.0. The molecule has 0 saturated carbocycles. The Labute approximate surface area is 194 Å². The molecular weight excluding hydrogens is 420 g/mol. The molecule has 0 amide bonds. The topological polar surface area (TPSA) is 61.8 Å². The normalized spacial score (nSPS) is 13.2. The lowest BCUT2D eigenvalue weighted by Gasteiger charge is -2.35. The van der Waals surface area contributed by atoms with Crippen molar-refractivity contribution in [1.82, 2.24) is 0 Å². The summed E-state index contributed by atoms with van der Waals surface area (Å²) in [6, 6.07) is 8.74. The van der Waals surface area contributed by atoms with Crippen molar-refractivity contribution in [3.05, 3.63) is 48.0 Å². The number of ether oxygens (including phenoxy) is 2. The van der Waals surface area contributed by atoms with Crippen LogP contribution in [0.2, 0.25) is 18.1 Å². The van der Waals surface area contributed by atoms with Crippen LogP contribution in [-0.2, 0) is 18.7 Å². The van der Waals surface area contributed by atoms with Gasteiger partial charge in [-0.25, -0.2) is 4.79 Å². The molecule has 0 fully saturated rings. The smallest absolute Gasteiger partial charge is 0.339 e. The molecular formula is C26H38O5Si. The third-order valence-corrected chi connectivity index (χ3v) is 9.78. The largest absolute Gasteiger partial charge is 0.465 e. The third-order valence-electron chi connectivity index (χ3n) is 5.28. The van der Waals surface area contributed by atoms with Crippen molar-refractivity contribution < 1.29 is 23.5 Å². The number of carbonyl (C=O) groups is 2. The number of hydrogen-bond acceptors (Lipinski definition) is 5. The standard InChI is InChI=1S/C26H38O5Si/c1-25(2,3)24(28)29-20-18-22(31-23(27)21-15-11-9-12-16-21)17-13-10-14-19-30-32(7,8)26(4,5)6/h9-12,14-16,22H,18-20H2,1-8H3/b14-10+/t22-/m0/s1. The first kappa shape index (κ1) is 27.7. The lowest BCUT2D eigenvalue weighted by atomic mass is 9.97. The highest BCUT2D eigenvalue weighted by Gasteiger charge is 2.36. The molecule has 0 aliphatic carbocycles. The molecule has 0 bridgehead atoms. The maximum atomic E-state index is 12.4. The molecule has 0 saturated heterocycles. The summed E-state index contributed by atoms with van der Waals surface area (Å²) in [5.74, 6) is 5.10. The molecule has 0 unspecified atom stereocenters. The SMILES string of the molecule is CC(C)(C)C(=O)OCC[C@H](C#C/C=C/CO[Si](C)(C)C(C)(C)C)OC(=O)c1ccccc1. The number of carbonyl (C=O) groups excluding carboxylic acids is 2. The van der Waals surface area contributed by atoms with Gasteiger partial charge in [0.2, 0.25) is 0 Å². The van der Waals surface area contributed by atoms with Crippen LogP contribution in [0.3, 0.4) is 0 Å². The molecule has 1 atom stereocenters. The minimum Gasteiger partial charge on any atom is -0.465 e. The zero-order chi connectivity index (χ0) is 24.4. The predicted octanol–water partition coefficient (Wildman–Crippen LogP) is 5.77. The Morgan fingerprint density at radius 3 is 2.25 bits per heavy atom. The fourth-order valence-electron chi connectivity index (χ4n) is 2.13. The van der Waals surface area contributed by atoms with Gasteiger partial charge < -0.3 is 13.9 Å². The van der Waals surface area contributed by atoms with E-state index in [1.54, 1.807) is 51.1 Å². The molecule has 0 aromatic heterocycles. The van der Waals surface area contributed by atoms with Crippen molar-refractivity contribution in [3.8, 4) is 11.8 Å². The summed E-state index contributed by atoms with van der Waals surface area (Å²) in [4.78, 5) is 24.4. The van der Waals surface area contributed by atoms with Gasteiger partial charge in [0, 0.05) is 6.42 Å². The zero-order valence-electron chi connectivity index (χ0n) is 20.8. The van der Waals surface area contributed by atoms with Crippen LogP contribution in [0.4, 0.5) is 0 Å². The second-order valence-electron chi connectivity index (χ2n) is 10.2. The molecule has 6 heteroatoms. The molecule has 0 aliphatic rings. The van der Waals surface area contributed by atoms with E-state index in [0.717, 1.165) is 0 Å². The first-order chi connectivity index (χ1) is 14.7. The Balaban J connectivity index is 2.74. The van der Waals surface area contributed by atoms with Gasteiger partial charge in [0.05, 0.1) is 24.2 Å². The van der Waals surface area contributed by atoms with E-state index < -0.39 is 25.8 Å². The summed E-state index contributed by atoms with van der Waals surface area (Å²) in [5.41, 5.74) is -0.140. The number of allylic oxidation sites excluding steroid dienone is 1. The molecule has 0 heterocycles. The van der Waals surface area contributed by atoms with E-state index in [9.17, 15) is 9.59 Å². The Morgan fingerprint density at radius 1 is 1.06 bits per heavy atom. The number of benzene rings is 1. The molecule has 0 aliphatic heterocycles. The van der Waals surface area contributed by atoms with E-state index in [-0.39, 0.29) is 17.6 Å². The number of esters is 2. The van der Waals surface area contributed by atoms with Crippen LogP contribution in [0.15, 0.2) is 42.5 Å². The van der Waals surface area contributed by atoms with Gasteiger partial charge in [-0.1, -0.05) is 56.9 Å². The van der Waals surface area contributed by atoms with E-state index in [4.69, 9.17) is 13.9 Å². The first-order valence-corrected chi connectivity index (χ1v) is 13.9. The minimum absolute atomic E-state index is 0.121. The van der Waals surface area contributed by atoms with Crippen molar-refractivity contribution in [2.45, 2.75) is 72.2 Å². The summed E-state index contributed by atoms with van der Waals surface area (Å²) in [5, 5.41) is 0.147. The van der Waals surface area contributed by atoms with Gasteiger partial charge in [-0.15, -0.1) is 0 Å². The molecule has 1 aromatic rings.